The number of benzene rings is 2. The van der Waals surface area contributed by atoms with E-state index in [1.807, 2.05) is 31.2 Å². The van der Waals surface area contributed by atoms with Crippen molar-refractivity contribution in [1.29, 1.82) is 0 Å². The molecule has 0 unspecified atom stereocenters. The molecular weight excluding hydrogens is 388 g/mol. The summed E-state index contributed by atoms with van der Waals surface area (Å²) in [5, 5.41) is 39.3. The van der Waals surface area contributed by atoms with Crippen molar-refractivity contribution in [2.75, 3.05) is 13.2 Å². The molecule has 0 aromatic heterocycles. The maximum Gasteiger partial charge on any atom is 0.229 e. The minimum atomic E-state index is -1.51. The third kappa shape index (κ3) is 4.93. The zero-order valence-electron chi connectivity index (χ0n) is 16.6. The molecule has 1 fully saturated rings. The van der Waals surface area contributed by atoms with Crippen LogP contribution in [0.3, 0.4) is 0 Å². The van der Waals surface area contributed by atoms with Crippen LogP contribution in [0, 0.1) is 12.3 Å². The second kappa shape index (κ2) is 9.94. The molecular formula is C23H26O7. The molecule has 160 valence electrons. The van der Waals surface area contributed by atoms with Gasteiger partial charge in [-0.3, -0.25) is 0 Å². The molecule has 0 amide bonds. The van der Waals surface area contributed by atoms with Crippen LogP contribution in [0.15, 0.2) is 42.5 Å². The van der Waals surface area contributed by atoms with Crippen molar-refractivity contribution >= 4 is 0 Å². The highest BCUT2D eigenvalue weighted by molar-refractivity contribution is 5.47. The maximum absolute atomic E-state index is 10.2. The van der Waals surface area contributed by atoms with E-state index in [2.05, 4.69) is 5.92 Å². The molecule has 4 N–H and O–H groups in total. The van der Waals surface area contributed by atoms with Gasteiger partial charge >= 0.3 is 0 Å². The van der Waals surface area contributed by atoms with E-state index < -0.39 is 37.3 Å². The molecule has 0 aliphatic carbocycles. The van der Waals surface area contributed by atoms with Gasteiger partial charge in [-0.05, 0) is 54.8 Å². The predicted octanol–water partition coefficient (Wildman–Crippen LogP) is 0.836. The number of hydrogen-bond donors (Lipinski definition) is 4. The van der Waals surface area contributed by atoms with Gasteiger partial charge in [-0.2, -0.15) is 0 Å². The quantitative estimate of drug-likeness (QED) is 0.497. The molecule has 2 aromatic carbocycles. The number of rotatable bonds is 7. The number of ether oxygens (including phenoxy) is 3. The zero-order valence-corrected chi connectivity index (χ0v) is 16.6. The van der Waals surface area contributed by atoms with Crippen molar-refractivity contribution in [3.63, 3.8) is 0 Å². The third-order valence-corrected chi connectivity index (χ3v) is 4.96. The van der Waals surface area contributed by atoms with Crippen LogP contribution in [0.5, 0.6) is 11.5 Å². The molecule has 0 bridgehead atoms. The number of aliphatic hydroxyl groups excluding tert-OH is 4. The molecule has 7 nitrogen and oxygen atoms in total. The Kier molecular flexibility index (Phi) is 7.32. The van der Waals surface area contributed by atoms with E-state index in [1.165, 1.54) is 0 Å². The number of aliphatic hydroxyl groups is 4. The topological polar surface area (TPSA) is 109 Å². The third-order valence-electron chi connectivity index (χ3n) is 4.96. The predicted molar refractivity (Wildman–Crippen MR) is 109 cm³/mol. The molecule has 3 rings (SSSR count). The summed E-state index contributed by atoms with van der Waals surface area (Å²) in [5.41, 5.74) is 2.56. The van der Waals surface area contributed by atoms with Crippen LogP contribution in [0.25, 0.3) is 0 Å². The number of hydrogen-bond acceptors (Lipinski definition) is 7. The Morgan fingerprint density at radius 3 is 2.33 bits per heavy atom. The van der Waals surface area contributed by atoms with E-state index in [4.69, 9.17) is 20.6 Å². The lowest BCUT2D eigenvalue weighted by Crippen LogP contribution is -2.60. The summed E-state index contributed by atoms with van der Waals surface area (Å²) in [6, 6.07) is 12.8. The second-order valence-electron chi connectivity index (χ2n) is 7.03. The molecule has 1 saturated heterocycles. The number of terminal acetylenes is 1. The molecule has 1 heterocycles. The van der Waals surface area contributed by atoms with Gasteiger partial charge < -0.3 is 34.6 Å². The average Bonchev–Trinajstić information content (AvgIpc) is 2.76. The first-order valence-electron chi connectivity index (χ1n) is 9.75. The van der Waals surface area contributed by atoms with E-state index >= 15 is 0 Å². The minimum absolute atomic E-state index is 0.374. The Bertz CT molecular complexity index is 872. The second-order valence-corrected chi connectivity index (χ2v) is 7.03. The van der Waals surface area contributed by atoms with Crippen molar-refractivity contribution in [2.24, 2.45) is 0 Å². The fourth-order valence-corrected chi connectivity index (χ4v) is 3.32. The molecule has 30 heavy (non-hydrogen) atoms. The molecule has 2 aromatic rings. The van der Waals surface area contributed by atoms with E-state index in [9.17, 15) is 20.4 Å². The van der Waals surface area contributed by atoms with Gasteiger partial charge in [-0.25, -0.2) is 0 Å². The van der Waals surface area contributed by atoms with Crippen LogP contribution in [-0.4, -0.2) is 64.3 Å². The largest absolute Gasteiger partial charge is 0.494 e. The summed E-state index contributed by atoms with van der Waals surface area (Å²) in [4.78, 5) is 0. The highest BCUT2D eigenvalue weighted by Gasteiger charge is 2.44. The van der Waals surface area contributed by atoms with Crippen LogP contribution in [-0.2, 0) is 11.2 Å². The molecule has 1 aliphatic heterocycles. The van der Waals surface area contributed by atoms with Gasteiger partial charge in [0.05, 0.1) is 13.2 Å². The molecule has 1 aliphatic rings. The van der Waals surface area contributed by atoms with Crippen molar-refractivity contribution < 1.29 is 34.6 Å². The molecule has 0 spiro atoms. The van der Waals surface area contributed by atoms with E-state index in [1.54, 1.807) is 18.2 Å². The summed E-state index contributed by atoms with van der Waals surface area (Å²) in [7, 11) is 0. The Labute approximate surface area is 175 Å². The zero-order chi connectivity index (χ0) is 21.7. The highest BCUT2D eigenvalue weighted by atomic mass is 16.7. The first-order chi connectivity index (χ1) is 14.5. The van der Waals surface area contributed by atoms with Crippen LogP contribution >= 0.6 is 0 Å². The Balaban J connectivity index is 1.78. The van der Waals surface area contributed by atoms with Gasteiger partial charge in [0.2, 0.25) is 6.29 Å². The van der Waals surface area contributed by atoms with Crippen molar-refractivity contribution in [2.45, 2.75) is 44.1 Å². The fraction of sp³-hybridized carbons (Fsp3) is 0.391. The van der Waals surface area contributed by atoms with Crippen LogP contribution in [0.2, 0.25) is 0 Å². The first-order valence-corrected chi connectivity index (χ1v) is 9.75. The lowest BCUT2D eigenvalue weighted by Gasteiger charge is -2.39. The Morgan fingerprint density at radius 2 is 1.70 bits per heavy atom. The van der Waals surface area contributed by atoms with Gasteiger partial charge in [-0.15, -0.1) is 6.42 Å². The van der Waals surface area contributed by atoms with Crippen LogP contribution < -0.4 is 9.47 Å². The van der Waals surface area contributed by atoms with Gasteiger partial charge in [-0.1, -0.05) is 18.1 Å². The molecule has 5 atom stereocenters. The van der Waals surface area contributed by atoms with E-state index in [-0.39, 0.29) is 0 Å². The highest BCUT2D eigenvalue weighted by Crippen LogP contribution is 2.27. The summed E-state index contributed by atoms with van der Waals surface area (Å²) >= 11 is 0. The molecule has 0 radical (unpaired) electrons. The van der Waals surface area contributed by atoms with Gasteiger partial charge in [0.25, 0.3) is 0 Å². The van der Waals surface area contributed by atoms with Crippen molar-refractivity contribution in [3.05, 3.63) is 59.2 Å². The van der Waals surface area contributed by atoms with Crippen LogP contribution in [0.1, 0.15) is 23.6 Å². The van der Waals surface area contributed by atoms with Gasteiger partial charge in [0, 0.05) is 5.56 Å². The minimum Gasteiger partial charge on any atom is -0.494 e. The van der Waals surface area contributed by atoms with Crippen molar-refractivity contribution in [3.8, 4) is 23.8 Å². The monoisotopic (exact) mass is 414 g/mol. The standard InChI is InChI=1S/C23H26O7/c1-3-15-7-10-18(29-23-22(27)21(26)20(25)19(13-24)30-23)12-16(15)11-14-5-8-17(9-6-14)28-4-2/h1,5-10,12,19-27H,4,11,13H2,2H3/t19-,20-,21+,22-,23-/m1/s1. The van der Waals surface area contributed by atoms with E-state index in [0.717, 1.165) is 16.9 Å². The van der Waals surface area contributed by atoms with E-state index in [0.29, 0.717) is 24.3 Å². The smallest absolute Gasteiger partial charge is 0.229 e. The van der Waals surface area contributed by atoms with Crippen LogP contribution in [0.4, 0.5) is 0 Å². The lowest BCUT2D eigenvalue weighted by atomic mass is 9.98. The summed E-state index contributed by atoms with van der Waals surface area (Å²) in [6.07, 6.45) is -0.539. The van der Waals surface area contributed by atoms with Gasteiger partial charge in [0.15, 0.2) is 0 Å². The maximum atomic E-state index is 10.2. The molecule has 7 heteroatoms. The fourth-order valence-electron chi connectivity index (χ4n) is 3.32. The van der Waals surface area contributed by atoms with Crippen molar-refractivity contribution in [1.82, 2.24) is 0 Å². The first kappa shape index (κ1) is 22.1. The SMILES string of the molecule is C#Cc1ccc(O[C@@H]2O[C@H](CO)[C@@H](O)[C@H](O)[C@H]2O)cc1Cc1ccc(OCC)cc1. The molecule has 0 saturated carbocycles. The normalized spacial score (nSPS) is 26.1. The lowest BCUT2D eigenvalue weighted by molar-refractivity contribution is -0.277. The summed E-state index contributed by atoms with van der Waals surface area (Å²) < 4.78 is 16.6. The summed E-state index contributed by atoms with van der Waals surface area (Å²) in [6.45, 7) is 2.00. The average molecular weight is 414 g/mol. The van der Waals surface area contributed by atoms with Gasteiger partial charge in [0.1, 0.15) is 35.9 Å². The summed E-state index contributed by atoms with van der Waals surface area (Å²) in [5.74, 6) is 3.81. The Hall–Kier alpha value is -2.60. The Morgan fingerprint density at radius 1 is 1.00 bits per heavy atom.